The minimum atomic E-state index is -5.24. The van der Waals surface area contributed by atoms with Crippen LogP contribution >= 0.6 is 7.82 Å². The second-order valence-corrected chi connectivity index (χ2v) is 5.48. The molecule has 166 valence electrons. The van der Waals surface area contributed by atoms with E-state index in [9.17, 15) is 29.4 Å². The van der Waals surface area contributed by atoms with Crippen molar-refractivity contribution >= 4 is 13.6 Å². The molecule has 0 bridgehead atoms. The van der Waals surface area contributed by atoms with Gasteiger partial charge in [-0.05, 0) is 6.07 Å². The van der Waals surface area contributed by atoms with Crippen molar-refractivity contribution in [3.05, 3.63) is 22.7 Å². The summed E-state index contributed by atoms with van der Waals surface area (Å²) in [4.78, 5) is 35.8. The first kappa shape index (κ1) is 47.3. The predicted molar refractivity (Wildman–Crippen MR) is 84.1 cm³/mol. The molecule has 0 spiro atoms. The van der Waals surface area contributed by atoms with Gasteiger partial charge in [-0.2, -0.15) is 4.98 Å². The van der Waals surface area contributed by atoms with Gasteiger partial charge in [-0.3, -0.25) is 4.57 Å². The zero-order chi connectivity index (χ0) is 15.8. The van der Waals surface area contributed by atoms with E-state index >= 15 is 0 Å². The summed E-state index contributed by atoms with van der Waals surface area (Å²) in [5, 5.41) is 19.6. The van der Waals surface area contributed by atoms with Crippen molar-refractivity contribution in [1.82, 2.24) is 9.55 Å². The molecule has 1 saturated heterocycles. The van der Waals surface area contributed by atoms with Gasteiger partial charge in [0.2, 0.25) is 0 Å². The molecule has 29 heavy (non-hydrogen) atoms. The van der Waals surface area contributed by atoms with E-state index in [4.69, 9.17) is 10.5 Å². The van der Waals surface area contributed by atoms with Crippen LogP contribution in [0.25, 0.3) is 0 Å². The predicted octanol–water partition coefficient (Wildman–Crippen LogP) is -14.7. The Labute approximate surface area is 207 Å². The Balaban J connectivity index is -0.000000121. The molecular weight excluding hydrogens is 451 g/mol. The molecule has 1 fully saturated rings. The molecule has 17 nitrogen and oxygen atoms in total. The van der Waals surface area contributed by atoms with E-state index in [2.05, 4.69) is 9.51 Å². The molecule has 4 unspecified atom stereocenters. The number of anilines is 1. The second kappa shape index (κ2) is 19.1. The SMILES string of the molecule is Nc1ccn(C2OC(COP(=O)([O-])[O-])C(O)C2O)c(=O)n1.O.O.O.O.O.O.[Na+].[Na+]. The molecule has 4 atom stereocenters. The Morgan fingerprint density at radius 1 is 1.14 bits per heavy atom. The van der Waals surface area contributed by atoms with Gasteiger partial charge in [0.05, 0.1) is 14.4 Å². The Morgan fingerprint density at radius 2 is 1.62 bits per heavy atom. The fraction of sp³-hybridized carbons (Fsp3) is 0.556. The van der Waals surface area contributed by atoms with Crippen LogP contribution in [0.5, 0.6) is 0 Å². The number of aliphatic hydroxyl groups excluding tert-OH is 2. The van der Waals surface area contributed by atoms with Crippen LogP contribution in [0, 0.1) is 0 Å². The fourth-order valence-corrected chi connectivity index (χ4v) is 2.21. The van der Waals surface area contributed by atoms with Gasteiger partial charge in [0.1, 0.15) is 24.1 Å². The summed E-state index contributed by atoms with van der Waals surface area (Å²) in [6, 6.07) is 1.27. The topological polar surface area (TPSA) is 372 Å². The minimum Gasteiger partial charge on any atom is -0.790 e. The average Bonchev–Trinajstić information content (AvgIpc) is 2.64. The van der Waals surface area contributed by atoms with Crippen molar-refractivity contribution < 1.29 is 126 Å². The van der Waals surface area contributed by atoms with E-state index in [1.807, 2.05) is 0 Å². The smallest absolute Gasteiger partial charge is 0.790 e. The maximum Gasteiger partial charge on any atom is 1.00 e. The molecule has 0 radical (unpaired) electrons. The van der Waals surface area contributed by atoms with Gasteiger partial charge >= 0.3 is 64.8 Å². The number of hydrogen-bond donors (Lipinski definition) is 3. The largest absolute Gasteiger partial charge is 1.00 e. The van der Waals surface area contributed by atoms with Crippen LogP contribution in [0.4, 0.5) is 5.82 Å². The van der Waals surface area contributed by atoms with Crippen LogP contribution < -0.4 is 80.3 Å². The zero-order valence-corrected chi connectivity index (χ0v) is 20.3. The Bertz CT molecular complexity index is 633. The van der Waals surface area contributed by atoms with Crippen molar-refractivity contribution in [2.24, 2.45) is 0 Å². The summed E-state index contributed by atoms with van der Waals surface area (Å²) in [5.41, 5.74) is 4.49. The number of nitrogens with zero attached hydrogens (tertiary/aromatic N) is 2. The standard InChI is InChI=1S/C9H14N3O8P.2Na.6H2O/c10-5-1-2-12(9(15)11-5)8-7(14)6(13)4(20-8)3-19-21(16,17)18;;;;;;;;/h1-2,4,6-8,13-14H,3H2,(H2,10,11,15)(H2,16,17,18);;;6*1H2/q;2*+1;;;;;;/p-2. The molecule has 20 heteroatoms. The molecule has 0 aromatic carbocycles. The van der Waals surface area contributed by atoms with Gasteiger partial charge in [0.15, 0.2) is 6.23 Å². The van der Waals surface area contributed by atoms with Gasteiger partial charge in [-0.25, -0.2) is 4.79 Å². The monoisotopic (exact) mass is 475 g/mol. The van der Waals surface area contributed by atoms with Gasteiger partial charge in [-0.1, -0.05) is 0 Å². The molecule has 1 aromatic rings. The normalized spacial score (nSPS) is 21.5. The summed E-state index contributed by atoms with van der Waals surface area (Å²) < 4.78 is 20.4. The molecule has 16 N–H and O–H groups in total. The molecule has 1 aliphatic rings. The van der Waals surface area contributed by atoms with Crippen molar-refractivity contribution in [2.45, 2.75) is 24.5 Å². The molecule has 0 aliphatic carbocycles. The third-order valence-electron chi connectivity index (χ3n) is 2.86. The molecule has 0 saturated carbocycles. The number of aromatic nitrogens is 2. The summed E-state index contributed by atoms with van der Waals surface area (Å²) in [5.74, 6) is -0.0391. The molecular formula is C9H24N3Na2O14P. The van der Waals surface area contributed by atoms with Gasteiger partial charge < -0.3 is 72.4 Å². The van der Waals surface area contributed by atoms with Crippen molar-refractivity contribution in [3.8, 4) is 0 Å². The third kappa shape index (κ3) is 12.8. The molecule has 2 heterocycles. The number of aliphatic hydroxyl groups is 2. The van der Waals surface area contributed by atoms with Crippen LogP contribution in [0.1, 0.15) is 6.23 Å². The number of nitrogens with two attached hydrogens (primary N) is 1. The first-order chi connectivity index (χ1) is 9.69. The van der Waals surface area contributed by atoms with Crippen LogP contribution in [0.3, 0.4) is 0 Å². The van der Waals surface area contributed by atoms with Crippen molar-refractivity contribution in [3.63, 3.8) is 0 Å². The molecule has 2 rings (SSSR count). The number of hydrogen-bond acceptors (Lipinski definition) is 10. The Hall–Kier alpha value is 0.430. The number of phosphoric ester groups is 1. The van der Waals surface area contributed by atoms with Gasteiger partial charge in [-0.15, -0.1) is 0 Å². The summed E-state index contributed by atoms with van der Waals surface area (Å²) in [7, 11) is -5.24. The number of phosphoric acid groups is 1. The first-order valence-electron chi connectivity index (χ1n) is 5.72. The van der Waals surface area contributed by atoms with E-state index in [1.54, 1.807) is 0 Å². The second-order valence-electron chi connectivity index (χ2n) is 4.33. The number of rotatable bonds is 4. The van der Waals surface area contributed by atoms with E-state index in [0.29, 0.717) is 0 Å². The van der Waals surface area contributed by atoms with Gasteiger partial charge in [0.25, 0.3) is 0 Å². The quantitative estimate of drug-likeness (QED) is 0.272. The van der Waals surface area contributed by atoms with Crippen LogP contribution in [0.15, 0.2) is 17.1 Å². The van der Waals surface area contributed by atoms with Crippen LogP contribution in [-0.4, -0.2) is 77.5 Å². The molecule has 1 aliphatic heterocycles. The molecule has 1 aromatic heterocycles. The van der Waals surface area contributed by atoms with Crippen LogP contribution in [-0.2, 0) is 13.8 Å². The van der Waals surface area contributed by atoms with Crippen LogP contribution in [0.2, 0.25) is 0 Å². The summed E-state index contributed by atoms with van der Waals surface area (Å²) >= 11 is 0. The molecule has 0 amide bonds. The first-order valence-corrected chi connectivity index (χ1v) is 7.18. The summed E-state index contributed by atoms with van der Waals surface area (Å²) in [6.45, 7) is -0.782. The van der Waals surface area contributed by atoms with Crippen molar-refractivity contribution in [1.29, 1.82) is 0 Å². The van der Waals surface area contributed by atoms with Gasteiger partial charge in [0, 0.05) is 6.20 Å². The van der Waals surface area contributed by atoms with Crippen molar-refractivity contribution in [2.75, 3.05) is 12.3 Å². The van der Waals surface area contributed by atoms with E-state index in [0.717, 1.165) is 4.57 Å². The van der Waals surface area contributed by atoms with E-state index in [1.165, 1.54) is 12.3 Å². The number of nitrogen functional groups attached to an aromatic ring is 1. The Kier molecular flexibility index (Phi) is 31.2. The third-order valence-corrected chi connectivity index (χ3v) is 3.33. The summed E-state index contributed by atoms with van der Waals surface area (Å²) in [6.07, 6.45) is -4.51. The zero-order valence-electron chi connectivity index (χ0n) is 15.4. The maximum atomic E-state index is 11.6. The van der Waals surface area contributed by atoms with E-state index < -0.39 is 44.7 Å². The fourth-order valence-electron chi connectivity index (χ4n) is 1.88. The average molecular weight is 475 g/mol. The maximum absolute atomic E-state index is 11.6. The number of ether oxygens (including phenoxy) is 1. The van der Waals surface area contributed by atoms with E-state index in [-0.39, 0.29) is 97.8 Å². The Morgan fingerprint density at radius 3 is 2.03 bits per heavy atom. The minimum absolute atomic E-state index is 0.